The maximum absolute atomic E-state index is 4.74. The van der Waals surface area contributed by atoms with E-state index in [9.17, 15) is 0 Å². The molecule has 4 nitrogen and oxygen atoms in total. The van der Waals surface area contributed by atoms with E-state index in [-0.39, 0.29) is 0 Å². The van der Waals surface area contributed by atoms with Crippen molar-refractivity contribution in [3.63, 3.8) is 0 Å². The van der Waals surface area contributed by atoms with Crippen LogP contribution >= 0.6 is 0 Å². The fraction of sp³-hybridized carbons (Fsp3) is 0.769. The number of piperazine rings is 1. The fourth-order valence-corrected chi connectivity index (χ4v) is 2.93. The minimum atomic E-state index is 0.673. The Kier molecular flexibility index (Phi) is 3.43. The first-order chi connectivity index (χ1) is 8.42. The van der Waals surface area contributed by atoms with Crippen LogP contribution in [0.2, 0.25) is 0 Å². The highest BCUT2D eigenvalue weighted by atomic mass is 15.3. The number of hydrogen-bond acceptors (Lipinski definition) is 3. The molecule has 4 heteroatoms. The van der Waals surface area contributed by atoms with Crippen LogP contribution < -0.4 is 5.32 Å². The van der Waals surface area contributed by atoms with E-state index in [2.05, 4.69) is 27.2 Å². The Morgan fingerprint density at radius 1 is 1.24 bits per heavy atom. The zero-order chi connectivity index (χ0) is 11.5. The Hall–Kier alpha value is -0.870. The predicted molar refractivity (Wildman–Crippen MR) is 67.9 cm³/mol. The molecule has 1 saturated heterocycles. The van der Waals surface area contributed by atoms with Gasteiger partial charge in [-0.15, -0.1) is 0 Å². The van der Waals surface area contributed by atoms with Gasteiger partial charge in [0.2, 0.25) is 0 Å². The quantitative estimate of drug-likeness (QED) is 0.858. The summed E-state index contributed by atoms with van der Waals surface area (Å²) in [5, 5.41) is 8.12. The molecule has 0 radical (unpaired) electrons. The van der Waals surface area contributed by atoms with Crippen LogP contribution in [-0.2, 0) is 6.54 Å². The highest BCUT2D eigenvalue weighted by Crippen LogP contribution is 2.28. The Balaban J connectivity index is 1.59. The van der Waals surface area contributed by atoms with Crippen molar-refractivity contribution in [1.82, 2.24) is 20.0 Å². The molecule has 17 heavy (non-hydrogen) atoms. The summed E-state index contributed by atoms with van der Waals surface area (Å²) in [5.41, 5.74) is 1.24. The molecule has 2 heterocycles. The number of nitrogens with zero attached hydrogens (tertiary/aromatic N) is 3. The van der Waals surface area contributed by atoms with Crippen molar-refractivity contribution in [2.75, 3.05) is 26.2 Å². The highest BCUT2D eigenvalue weighted by Gasteiger charge is 2.18. The lowest BCUT2D eigenvalue weighted by atomic mass is 10.3. The largest absolute Gasteiger partial charge is 0.314 e. The van der Waals surface area contributed by atoms with Gasteiger partial charge in [0.05, 0.1) is 11.7 Å². The summed E-state index contributed by atoms with van der Waals surface area (Å²) in [5.74, 6) is 0. The average Bonchev–Trinajstić information content (AvgIpc) is 3.00. The van der Waals surface area contributed by atoms with E-state index in [1.54, 1.807) is 0 Å². The predicted octanol–water partition coefficient (Wildman–Crippen LogP) is 1.40. The van der Waals surface area contributed by atoms with Crippen molar-refractivity contribution < 1.29 is 0 Å². The van der Waals surface area contributed by atoms with Crippen molar-refractivity contribution in [2.45, 2.75) is 38.3 Å². The van der Waals surface area contributed by atoms with Crippen molar-refractivity contribution in [2.24, 2.45) is 0 Å². The van der Waals surface area contributed by atoms with Crippen LogP contribution in [-0.4, -0.2) is 40.9 Å². The van der Waals surface area contributed by atoms with Gasteiger partial charge in [0, 0.05) is 38.9 Å². The van der Waals surface area contributed by atoms with E-state index in [1.165, 1.54) is 31.4 Å². The molecule has 2 aliphatic rings. The van der Waals surface area contributed by atoms with E-state index >= 15 is 0 Å². The molecule has 0 amide bonds. The van der Waals surface area contributed by atoms with Gasteiger partial charge < -0.3 is 5.32 Å². The van der Waals surface area contributed by atoms with Gasteiger partial charge in [-0.05, 0) is 18.9 Å². The minimum Gasteiger partial charge on any atom is -0.314 e. The van der Waals surface area contributed by atoms with E-state index in [1.807, 2.05) is 0 Å². The van der Waals surface area contributed by atoms with E-state index < -0.39 is 0 Å². The number of hydrogen-bond donors (Lipinski definition) is 1. The summed E-state index contributed by atoms with van der Waals surface area (Å²) in [7, 11) is 0. The van der Waals surface area contributed by atoms with Crippen molar-refractivity contribution >= 4 is 0 Å². The second-order valence-corrected chi connectivity index (χ2v) is 5.25. The zero-order valence-electron chi connectivity index (χ0n) is 10.4. The van der Waals surface area contributed by atoms with E-state index in [0.717, 1.165) is 32.7 Å². The third-order valence-corrected chi connectivity index (χ3v) is 3.96. The Morgan fingerprint density at radius 2 is 2.00 bits per heavy atom. The summed E-state index contributed by atoms with van der Waals surface area (Å²) in [6, 6.07) is 2.87. The summed E-state index contributed by atoms with van der Waals surface area (Å²) in [6.45, 7) is 5.54. The molecular formula is C13H22N4. The molecule has 94 valence electrons. The van der Waals surface area contributed by atoms with Gasteiger partial charge in [0.1, 0.15) is 0 Å². The van der Waals surface area contributed by atoms with Crippen molar-refractivity contribution in [3.05, 3.63) is 18.0 Å². The van der Waals surface area contributed by atoms with Gasteiger partial charge >= 0.3 is 0 Å². The summed E-state index contributed by atoms with van der Waals surface area (Å²) < 4.78 is 2.20. The summed E-state index contributed by atoms with van der Waals surface area (Å²) in [4.78, 5) is 2.48. The molecule has 1 aliphatic carbocycles. The van der Waals surface area contributed by atoms with Crippen LogP contribution in [0.5, 0.6) is 0 Å². The van der Waals surface area contributed by atoms with Crippen LogP contribution in [0.15, 0.2) is 12.3 Å². The lowest BCUT2D eigenvalue weighted by molar-refractivity contribution is 0.229. The van der Waals surface area contributed by atoms with Gasteiger partial charge in [-0.3, -0.25) is 9.58 Å². The van der Waals surface area contributed by atoms with Crippen LogP contribution in [0, 0.1) is 0 Å². The normalized spacial score (nSPS) is 23.3. The van der Waals surface area contributed by atoms with E-state index in [4.69, 9.17) is 5.10 Å². The average molecular weight is 234 g/mol. The van der Waals surface area contributed by atoms with Gasteiger partial charge in [-0.25, -0.2) is 0 Å². The lowest BCUT2D eigenvalue weighted by Gasteiger charge is -2.26. The zero-order valence-corrected chi connectivity index (χ0v) is 10.4. The van der Waals surface area contributed by atoms with E-state index in [0.29, 0.717) is 6.04 Å². The molecule has 3 rings (SSSR count). The molecule has 0 bridgehead atoms. The fourth-order valence-electron chi connectivity index (χ4n) is 2.93. The first-order valence-electron chi connectivity index (χ1n) is 6.89. The molecule has 1 aromatic heterocycles. The Bertz CT molecular complexity index is 348. The monoisotopic (exact) mass is 234 g/mol. The van der Waals surface area contributed by atoms with Crippen LogP contribution in [0.4, 0.5) is 0 Å². The van der Waals surface area contributed by atoms with Gasteiger partial charge in [0.25, 0.3) is 0 Å². The third kappa shape index (κ3) is 2.69. The standard InChI is InChI=1S/C13H22N4/c1-2-4-13(3-1)17-8-5-12(15-17)11-16-9-6-14-7-10-16/h5,8,13-14H,1-4,6-7,9-11H2. The molecule has 1 saturated carbocycles. The van der Waals surface area contributed by atoms with Gasteiger partial charge in [-0.1, -0.05) is 12.8 Å². The maximum Gasteiger partial charge on any atom is 0.0764 e. The highest BCUT2D eigenvalue weighted by molar-refractivity contribution is 5.00. The molecule has 1 aliphatic heterocycles. The molecule has 2 fully saturated rings. The van der Waals surface area contributed by atoms with Gasteiger partial charge in [-0.2, -0.15) is 5.10 Å². The topological polar surface area (TPSA) is 33.1 Å². The Morgan fingerprint density at radius 3 is 2.76 bits per heavy atom. The molecular weight excluding hydrogens is 212 g/mol. The summed E-state index contributed by atoms with van der Waals surface area (Å²) >= 11 is 0. The maximum atomic E-state index is 4.74. The molecule has 0 spiro atoms. The SMILES string of the molecule is c1cn(C2CCCC2)nc1CN1CCNCC1. The molecule has 1 N–H and O–H groups in total. The van der Waals surface area contributed by atoms with Crippen LogP contribution in [0.3, 0.4) is 0 Å². The van der Waals surface area contributed by atoms with Crippen LogP contribution in [0.1, 0.15) is 37.4 Å². The first-order valence-corrected chi connectivity index (χ1v) is 6.89. The third-order valence-electron chi connectivity index (χ3n) is 3.96. The summed E-state index contributed by atoms with van der Waals surface area (Å²) in [6.07, 6.45) is 7.55. The van der Waals surface area contributed by atoms with Crippen molar-refractivity contribution in [3.8, 4) is 0 Å². The molecule has 0 atom stereocenters. The molecule has 0 aromatic carbocycles. The second-order valence-electron chi connectivity index (χ2n) is 5.25. The molecule has 0 unspecified atom stereocenters. The first kappa shape index (κ1) is 11.2. The van der Waals surface area contributed by atoms with Crippen molar-refractivity contribution in [1.29, 1.82) is 0 Å². The van der Waals surface area contributed by atoms with Gasteiger partial charge in [0.15, 0.2) is 0 Å². The number of nitrogens with one attached hydrogen (secondary N) is 1. The smallest absolute Gasteiger partial charge is 0.0764 e. The second kappa shape index (κ2) is 5.19. The lowest BCUT2D eigenvalue weighted by Crippen LogP contribution is -2.42. The minimum absolute atomic E-state index is 0.673. The Labute approximate surface area is 103 Å². The molecule has 1 aromatic rings. The van der Waals surface area contributed by atoms with Crippen LogP contribution in [0.25, 0.3) is 0 Å². The number of aromatic nitrogens is 2. The number of rotatable bonds is 3.